The van der Waals surface area contributed by atoms with Gasteiger partial charge in [0.2, 0.25) is 0 Å². The molecule has 0 N–H and O–H groups in total. The van der Waals surface area contributed by atoms with Crippen LogP contribution in [0.3, 0.4) is 0 Å². The maximum Gasteiger partial charge on any atom is 0.278 e. The molecular formula is C9H9BrN2O4. The zero-order valence-electron chi connectivity index (χ0n) is 8.64. The van der Waals surface area contributed by atoms with E-state index in [9.17, 15) is 14.9 Å². The lowest BCUT2D eigenvalue weighted by Crippen LogP contribution is -2.25. The standard InChI is InChI=1S/C9H9BrN2O4/c1-11(16-2)9(13)7-5-6(12(14)15)3-4-8(7)10/h3-5H,1-2H3. The van der Waals surface area contributed by atoms with E-state index in [2.05, 4.69) is 15.9 Å². The number of halogens is 1. The number of nitrogens with zero attached hydrogens (tertiary/aromatic N) is 2. The summed E-state index contributed by atoms with van der Waals surface area (Å²) in [5.41, 5.74) is 0.0367. The minimum absolute atomic E-state index is 0.143. The van der Waals surface area contributed by atoms with Gasteiger partial charge in [-0.2, -0.15) is 0 Å². The van der Waals surface area contributed by atoms with Crippen LogP contribution in [-0.2, 0) is 4.84 Å². The Labute approximate surface area is 100 Å². The number of amides is 1. The number of nitro groups is 1. The third-order valence-corrected chi connectivity index (χ3v) is 2.64. The van der Waals surface area contributed by atoms with Crippen LogP contribution in [0.4, 0.5) is 5.69 Å². The first kappa shape index (κ1) is 12.6. The molecule has 0 saturated heterocycles. The molecule has 7 heteroatoms. The molecule has 1 aromatic carbocycles. The highest BCUT2D eigenvalue weighted by Gasteiger charge is 2.18. The third kappa shape index (κ3) is 2.56. The van der Waals surface area contributed by atoms with Gasteiger partial charge in [0, 0.05) is 23.7 Å². The monoisotopic (exact) mass is 288 g/mol. The van der Waals surface area contributed by atoms with Crippen LogP contribution >= 0.6 is 15.9 Å². The summed E-state index contributed by atoms with van der Waals surface area (Å²) < 4.78 is 0.479. The van der Waals surface area contributed by atoms with Gasteiger partial charge in [-0.25, -0.2) is 5.06 Å². The summed E-state index contributed by atoms with van der Waals surface area (Å²) in [6.07, 6.45) is 0. The molecule has 0 radical (unpaired) electrons. The molecule has 0 saturated carbocycles. The second-order valence-electron chi connectivity index (χ2n) is 2.91. The third-order valence-electron chi connectivity index (χ3n) is 1.95. The molecule has 0 atom stereocenters. The van der Waals surface area contributed by atoms with Gasteiger partial charge in [0.15, 0.2) is 0 Å². The summed E-state index contributed by atoms with van der Waals surface area (Å²) in [4.78, 5) is 26.4. The number of carbonyl (C=O) groups is 1. The first-order valence-corrected chi connectivity index (χ1v) is 5.02. The zero-order chi connectivity index (χ0) is 12.3. The Morgan fingerprint density at radius 3 is 2.69 bits per heavy atom. The molecule has 1 amide bonds. The van der Waals surface area contributed by atoms with Crippen LogP contribution < -0.4 is 0 Å². The van der Waals surface area contributed by atoms with Crippen LogP contribution in [0.5, 0.6) is 0 Å². The number of hydrogen-bond donors (Lipinski definition) is 0. The average Bonchev–Trinajstić information content (AvgIpc) is 2.27. The second kappa shape index (κ2) is 5.04. The first-order chi connectivity index (χ1) is 7.47. The lowest BCUT2D eigenvalue weighted by Gasteiger charge is -2.14. The Morgan fingerprint density at radius 2 is 2.19 bits per heavy atom. The Kier molecular flexibility index (Phi) is 3.97. The molecule has 16 heavy (non-hydrogen) atoms. The molecule has 0 aliphatic heterocycles. The Hall–Kier alpha value is -1.47. The largest absolute Gasteiger partial charge is 0.278 e. The van der Waals surface area contributed by atoms with Gasteiger partial charge in [-0.05, 0) is 22.0 Å². The van der Waals surface area contributed by atoms with Gasteiger partial charge in [-0.3, -0.25) is 19.7 Å². The molecule has 0 aliphatic rings. The van der Waals surface area contributed by atoms with Gasteiger partial charge in [0.05, 0.1) is 17.6 Å². The zero-order valence-corrected chi connectivity index (χ0v) is 10.2. The van der Waals surface area contributed by atoms with Crippen molar-refractivity contribution in [2.45, 2.75) is 0 Å². The summed E-state index contributed by atoms with van der Waals surface area (Å²) in [7, 11) is 2.76. The number of benzene rings is 1. The molecular weight excluding hydrogens is 280 g/mol. The minimum atomic E-state index is -0.560. The van der Waals surface area contributed by atoms with Gasteiger partial charge in [-0.15, -0.1) is 0 Å². The number of hydroxylamine groups is 2. The van der Waals surface area contributed by atoms with E-state index in [0.717, 1.165) is 5.06 Å². The summed E-state index contributed by atoms with van der Waals surface area (Å²) >= 11 is 3.15. The molecule has 0 heterocycles. The molecule has 86 valence electrons. The van der Waals surface area contributed by atoms with Gasteiger partial charge < -0.3 is 0 Å². The van der Waals surface area contributed by atoms with Crippen molar-refractivity contribution in [3.63, 3.8) is 0 Å². The Morgan fingerprint density at radius 1 is 1.56 bits per heavy atom. The maximum atomic E-state index is 11.7. The molecule has 1 aromatic rings. The molecule has 0 bridgehead atoms. The molecule has 1 rings (SSSR count). The Bertz CT molecular complexity index is 436. The van der Waals surface area contributed by atoms with Crippen molar-refractivity contribution < 1.29 is 14.6 Å². The van der Waals surface area contributed by atoms with E-state index >= 15 is 0 Å². The van der Waals surface area contributed by atoms with Gasteiger partial charge in [-0.1, -0.05) is 0 Å². The fourth-order valence-corrected chi connectivity index (χ4v) is 1.46. The van der Waals surface area contributed by atoms with E-state index in [0.29, 0.717) is 4.47 Å². The molecule has 0 unspecified atom stereocenters. The van der Waals surface area contributed by atoms with Crippen LogP contribution in [0.15, 0.2) is 22.7 Å². The van der Waals surface area contributed by atoms with Crippen molar-refractivity contribution in [1.82, 2.24) is 5.06 Å². The van der Waals surface area contributed by atoms with E-state index in [4.69, 9.17) is 4.84 Å². The fourth-order valence-electron chi connectivity index (χ4n) is 1.04. The minimum Gasteiger partial charge on any atom is -0.274 e. The molecule has 0 aromatic heterocycles. The molecule has 0 fully saturated rings. The topological polar surface area (TPSA) is 72.7 Å². The van der Waals surface area contributed by atoms with Crippen LogP contribution in [0.1, 0.15) is 10.4 Å². The van der Waals surface area contributed by atoms with Crippen molar-refractivity contribution in [3.05, 3.63) is 38.3 Å². The van der Waals surface area contributed by atoms with Crippen molar-refractivity contribution in [2.75, 3.05) is 14.2 Å². The van der Waals surface area contributed by atoms with Crippen LogP contribution in [-0.4, -0.2) is 30.1 Å². The summed E-state index contributed by atoms with van der Waals surface area (Å²) in [6, 6.07) is 3.96. The number of non-ortho nitro benzene ring substituents is 1. The van der Waals surface area contributed by atoms with Crippen molar-refractivity contribution in [1.29, 1.82) is 0 Å². The highest BCUT2D eigenvalue weighted by atomic mass is 79.9. The molecule has 0 spiro atoms. The van der Waals surface area contributed by atoms with Crippen molar-refractivity contribution in [3.8, 4) is 0 Å². The average molecular weight is 289 g/mol. The predicted octanol–water partition coefficient (Wildman–Crippen LogP) is 1.99. The van der Waals surface area contributed by atoms with E-state index in [-0.39, 0.29) is 11.3 Å². The number of rotatable bonds is 3. The van der Waals surface area contributed by atoms with E-state index in [1.807, 2.05) is 0 Å². The predicted molar refractivity (Wildman–Crippen MR) is 59.9 cm³/mol. The fraction of sp³-hybridized carbons (Fsp3) is 0.222. The summed E-state index contributed by atoms with van der Waals surface area (Å²) in [5, 5.41) is 11.6. The summed E-state index contributed by atoms with van der Waals surface area (Å²) in [5.74, 6) is -0.460. The van der Waals surface area contributed by atoms with E-state index in [1.54, 1.807) is 0 Å². The van der Waals surface area contributed by atoms with Crippen LogP contribution in [0.2, 0.25) is 0 Å². The smallest absolute Gasteiger partial charge is 0.274 e. The highest BCUT2D eigenvalue weighted by Crippen LogP contribution is 2.23. The van der Waals surface area contributed by atoms with E-state index in [1.165, 1.54) is 32.4 Å². The van der Waals surface area contributed by atoms with Crippen molar-refractivity contribution >= 4 is 27.5 Å². The lowest BCUT2D eigenvalue weighted by molar-refractivity contribution is -0.384. The quantitative estimate of drug-likeness (QED) is 0.630. The normalized spacial score (nSPS) is 9.94. The summed E-state index contributed by atoms with van der Waals surface area (Å²) in [6.45, 7) is 0. The van der Waals surface area contributed by atoms with Crippen LogP contribution in [0.25, 0.3) is 0 Å². The number of hydrogen-bond acceptors (Lipinski definition) is 4. The first-order valence-electron chi connectivity index (χ1n) is 4.23. The SMILES string of the molecule is CON(C)C(=O)c1cc([N+](=O)[O-])ccc1Br. The van der Waals surface area contributed by atoms with E-state index < -0.39 is 10.8 Å². The highest BCUT2D eigenvalue weighted by molar-refractivity contribution is 9.10. The number of nitro benzene ring substituents is 1. The molecule has 6 nitrogen and oxygen atoms in total. The van der Waals surface area contributed by atoms with Gasteiger partial charge >= 0.3 is 0 Å². The Balaban J connectivity index is 3.17. The van der Waals surface area contributed by atoms with Crippen molar-refractivity contribution in [2.24, 2.45) is 0 Å². The second-order valence-corrected chi connectivity index (χ2v) is 3.76. The molecule has 0 aliphatic carbocycles. The maximum absolute atomic E-state index is 11.7. The van der Waals surface area contributed by atoms with Gasteiger partial charge in [0.25, 0.3) is 11.6 Å². The van der Waals surface area contributed by atoms with Gasteiger partial charge in [0.1, 0.15) is 0 Å². The number of carbonyl (C=O) groups excluding carboxylic acids is 1. The lowest BCUT2D eigenvalue weighted by atomic mass is 10.2. The van der Waals surface area contributed by atoms with Crippen LogP contribution in [0, 0.1) is 10.1 Å².